The molecule has 1 fully saturated rings. The van der Waals surface area contributed by atoms with E-state index in [1.54, 1.807) is 0 Å². The molecule has 1 aliphatic rings. The van der Waals surface area contributed by atoms with Crippen molar-refractivity contribution in [3.05, 3.63) is 22.4 Å². The van der Waals surface area contributed by atoms with E-state index in [1.807, 2.05) is 11.3 Å². The molecule has 3 heteroatoms. The zero-order valence-electron chi connectivity index (χ0n) is 8.70. The van der Waals surface area contributed by atoms with Crippen LogP contribution in [0.4, 0.5) is 0 Å². The molecule has 0 bridgehead atoms. The zero-order valence-corrected chi connectivity index (χ0v) is 9.52. The highest BCUT2D eigenvalue weighted by Crippen LogP contribution is 2.14. The van der Waals surface area contributed by atoms with Gasteiger partial charge in [-0.1, -0.05) is 6.07 Å². The van der Waals surface area contributed by atoms with Crippen LogP contribution in [-0.4, -0.2) is 37.6 Å². The standard InChI is InChI=1S/C11H18N2S/c1-13-7-6-12-9-10(13)4-5-11-3-2-8-14-11/h2-3,8,10,12H,4-7,9H2,1H3. The Hall–Kier alpha value is -0.380. The van der Waals surface area contributed by atoms with Gasteiger partial charge in [0.05, 0.1) is 0 Å². The van der Waals surface area contributed by atoms with Crippen LogP contribution in [0.25, 0.3) is 0 Å². The summed E-state index contributed by atoms with van der Waals surface area (Å²) >= 11 is 1.87. The molecule has 1 unspecified atom stereocenters. The van der Waals surface area contributed by atoms with Crippen LogP contribution >= 0.6 is 11.3 Å². The average Bonchev–Trinajstić information content (AvgIpc) is 2.69. The van der Waals surface area contributed by atoms with Gasteiger partial charge < -0.3 is 10.2 Å². The first-order valence-corrected chi connectivity index (χ1v) is 6.17. The first kappa shape index (κ1) is 10.1. The van der Waals surface area contributed by atoms with Crippen molar-refractivity contribution in [2.24, 2.45) is 0 Å². The molecule has 0 amide bonds. The van der Waals surface area contributed by atoms with Gasteiger partial charge in [0.1, 0.15) is 0 Å². The number of nitrogens with zero attached hydrogens (tertiary/aromatic N) is 1. The summed E-state index contributed by atoms with van der Waals surface area (Å²) in [5.74, 6) is 0. The summed E-state index contributed by atoms with van der Waals surface area (Å²) in [6.45, 7) is 3.49. The highest BCUT2D eigenvalue weighted by Gasteiger charge is 2.17. The smallest absolute Gasteiger partial charge is 0.0221 e. The minimum absolute atomic E-state index is 0.728. The summed E-state index contributed by atoms with van der Waals surface area (Å²) in [5.41, 5.74) is 0. The summed E-state index contributed by atoms with van der Waals surface area (Å²) in [5, 5.41) is 5.62. The molecule has 0 saturated carbocycles. The van der Waals surface area contributed by atoms with Gasteiger partial charge in [-0.15, -0.1) is 11.3 Å². The van der Waals surface area contributed by atoms with Crippen LogP contribution < -0.4 is 5.32 Å². The fourth-order valence-corrected chi connectivity index (χ4v) is 2.67. The van der Waals surface area contributed by atoms with Crippen molar-refractivity contribution in [3.63, 3.8) is 0 Å². The minimum atomic E-state index is 0.728. The van der Waals surface area contributed by atoms with E-state index in [1.165, 1.54) is 24.3 Å². The molecule has 2 heterocycles. The Morgan fingerprint density at radius 2 is 2.57 bits per heavy atom. The Morgan fingerprint density at radius 3 is 3.29 bits per heavy atom. The molecule has 1 atom stereocenters. The molecule has 2 rings (SSSR count). The lowest BCUT2D eigenvalue weighted by atomic mass is 10.1. The van der Waals surface area contributed by atoms with Gasteiger partial charge in [0.15, 0.2) is 0 Å². The number of likely N-dealkylation sites (N-methyl/N-ethyl adjacent to an activating group) is 1. The van der Waals surface area contributed by atoms with Crippen molar-refractivity contribution < 1.29 is 0 Å². The number of rotatable bonds is 3. The summed E-state index contributed by atoms with van der Waals surface area (Å²) in [4.78, 5) is 3.99. The molecular weight excluding hydrogens is 192 g/mol. The molecule has 0 spiro atoms. The Morgan fingerprint density at radius 1 is 1.64 bits per heavy atom. The van der Waals surface area contributed by atoms with Crippen LogP contribution in [0, 0.1) is 0 Å². The molecule has 1 aromatic rings. The van der Waals surface area contributed by atoms with Gasteiger partial charge in [0.2, 0.25) is 0 Å². The topological polar surface area (TPSA) is 15.3 Å². The molecule has 0 radical (unpaired) electrons. The van der Waals surface area contributed by atoms with Crippen molar-refractivity contribution >= 4 is 11.3 Å². The van der Waals surface area contributed by atoms with Crippen LogP contribution in [0.15, 0.2) is 17.5 Å². The normalized spacial score (nSPS) is 23.9. The summed E-state index contributed by atoms with van der Waals surface area (Å²) in [6, 6.07) is 5.11. The zero-order chi connectivity index (χ0) is 9.80. The number of aryl methyl sites for hydroxylation is 1. The number of nitrogens with one attached hydrogen (secondary N) is 1. The second kappa shape index (κ2) is 4.91. The molecule has 1 saturated heterocycles. The summed E-state index contributed by atoms with van der Waals surface area (Å²) in [7, 11) is 2.24. The quantitative estimate of drug-likeness (QED) is 0.815. The number of thiophene rings is 1. The van der Waals surface area contributed by atoms with E-state index in [0.717, 1.165) is 19.1 Å². The predicted octanol–water partition coefficient (Wildman–Crippen LogP) is 1.58. The second-order valence-corrected chi connectivity index (χ2v) is 4.99. The first-order valence-electron chi connectivity index (χ1n) is 5.29. The van der Waals surface area contributed by atoms with Crippen molar-refractivity contribution in [2.45, 2.75) is 18.9 Å². The van der Waals surface area contributed by atoms with Gasteiger partial charge >= 0.3 is 0 Å². The lowest BCUT2D eigenvalue weighted by Crippen LogP contribution is -2.49. The first-order chi connectivity index (χ1) is 6.86. The fourth-order valence-electron chi connectivity index (χ4n) is 1.95. The molecule has 0 aromatic carbocycles. The number of hydrogen-bond donors (Lipinski definition) is 1. The van der Waals surface area contributed by atoms with E-state index in [9.17, 15) is 0 Å². The van der Waals surface area contributed by atoms with E-state index in [2.05, 4.69) is 34.8 Å². The van der Waals surface area contributed by atoms with Gasteiger partial charge in [-0.2, -0.15) is 0 Å². The highest BCUT2D eigenvalue weighted by molar-refractivity contribution is 7.09. The molecule has 1 aliphatic heterocycles. The van der Waals surface area contributed by atoms with Crippen LogP contribution in [0.2, 0.25) is 0 Å². The van der Waals surface area contributed by atoms with Gasteiger partial charge in [0.25, 0.3) is 0 Å². The lowest BCUT2D eigenvalue weighted by molar-refractivity contribution is 0.191. The van der Waals surface area contributed by atoms with Crippen molar-refractivity contribution in [2.75, 3.05) is 26.7 Å². The maximum atomic E-state index is 3.46. The van der Waals surface area contributed by atoms with Crippen molar-refractivity contribution in [3.8, 4) is 0 Å². The third-order valence-corrected chi connectivity index (χ3v) is 3.88. The minimum Gasteiger partial charge on any atom is -0.314 e. The number of hydrogen-bond acceptors (Lipinski definition) is 3. The number of piperazine rings is 1. The maximum Gasteiger partial charge on any atom is 0.0221 e. The third-order valence-electron chi connectivity index (χ3n) is 2.95. The lowest BCUT2D eigenvalue weighted by Gasteiger charge is -2.33. The molecule has 78 valence electrons. The van der Waals surface area contributed by atoms with E-state index in [-0.39, 0.29) is 0 Å². The average molecular weight is 210 g/mol. The molecule has 14 heavy (non-hydrogen) atoms. The molecule has 0 aliphatic carbocycles. The molecule has 1 aromatic heterocycles. The third kappa shape index (κ3) is 2.56. The van der Waals surface area contributed by atoms with E-state index in [4.69, 9.17) is 0 Å². The molecular formula is C11H18N2S. The van der Waals surface area contributed by atoms with Gasteiger partial charge in [-0.3, -0.25) is 0 Å². The summed E-state index contributed by atoms with van der Waals surface area (Å²) < 4.78 is 0. The van der Waals surface area contributed by atoms with Gasteiger partial charge in [-0.25, -0.2) is 0 Å². The SMILES string of the molecule is CN1CCNCC1CCc1cccs1. The Bertz CT molecular complexity index is 258. The largest absolute Gasteiger partial charge is 0.314 e. The van der Waals surface area contributed by atoms with E-state index in [0.29, 0.717) is 0 Å². The summed E-state index contributed by atoms with van der Waals surface area (Å²) in [6.07, 6.45) is 2.51. The van der Waals surface area contributed by atoms with E-state index < -0.39 is 0 Å². The Labute approximate surface area is 89.9 Å². The van der Waals surface area contributed by atoms with Crippen molar-refractivity contribution in [1.82, 2.24) is 10.2 Å². The highest BCUT2D eigenvalue weighted by atomic mass is 32.1. The predicted molar refractivity (Wildman–Crippen MR) is 61.9 cm³/mol. The molecule has 1 N–H and O–H groups in total. The second-order valence-electron chi connectivity index (χ2n) is 3.96. The van der Waals surface area contributed by atoms with Crippen molar-refractivity contribution in [1.29, 1.82) is 0 Å². The Kier molecular flexibility index (Phi) is 3.56. The fraction of sp³-hybridized carbons (Fsp3) is 0.636. The van der Waals surface area contributed by atoms with Crippen LogP contribution in [0.1, 0.15) is 11.3 Å². The van der Waals surface area contributed by atoms with Gasteiger partial charge in [0, 0.05) is 30.6 Å². The van der Waals surface area contributed by atoms with Crippen LogP contribution in [0.5, 0.6) is 0 Å². The van der Waals surface area contributed by atoms with Gasteiger partial charge in [-0.05, 0) is 31.3 Å². The van der Waals surface area contributed by atoms with Crippen LogP contribution in [-0.2, 0) is 6.42 Å². The Balaban J connectivity index is 1.79. The van der Waals surface area contributed by atoms with E-state index >= 15 is 0 Å². The molecule has 2 nitrogen and oxygen atoms in total. The van der Waals surface area contributed by atoms with Crippen LogP contribution in [0.3, 0.4) is 0 Å². The monoisotopic (exact) mass is 210 g/mol. The maximum absolute atomic E-state index is 3.46.